The van der Waals surface area contributed by atoms with Gasteiger partial charge in [-0.25, -0.2) is 5.84 Å². The average Bonchev–Trinajstić information content (AvgIpc) is 2.94. The highest BCUT2D eigenvalue weighted by Gasteiger charge is 2.28. The molecular weight excluding hydrogens is 262 g/mol. The molecule has 0 saturated carbocycles. The van der Waals surface area contributed by atoms with Gasteiger partial charge in [0.05, 0.1) is 12.5 Å². The summed E-state index contributed by atoms with van der Waals surface area (Å²) >= 11 is 0. The molecular formula is C11H19N7O2. The highest BCUT2D eigenvalue weighted by atomic mass is 16.5. The van der Waals surface area contributed by atoms with Gasteiger partial charge in [-0.2, -0.15) is 15.0 Å². The van der Waals surface area contributed by atoms with Crippen molar-refractivity contribution in [2.75, 3.05) is 30.0 Å². The van der Waals surface area contributed by atoms with Gasteiger partial charge >= 0.3 is 6.01 Å². The van der Waals surface area contributed by atoms with Gasteiger partial charge in [0.2, 0.25) is 17.8 Å². The van der Waals surface area contributed by atoms with E-state index in [-0.39, 0.29) is 23.8 Å². The van der Waals surface area contributed by atoms with Crippen LogP contribution in [-0.4, -0.2) is 40.6 Å². The van der Waals surface area contributed by atoms with Gasteiger partial charge in [-0.1, -0.05) is 6.92 Å². The standard InChI is InChI=1S/C11H19N7O2/c1-2-5-20-11-15-9(17-13)14-10(16-11)18-4-3-7(6-18)8(12)19/h7H,2-6,13H2,1H3,(H2,12,19)(H,14,15,16,17). The number of carbonyl (C=O) groups is 1. The minimum Gasteiger partial charge on any atom is -0.463 e. The Morgan fingerprint density at radius 2 is 2.30 bits per heavy atom. The van der Waals surface area contributed by atoms with Crippen LogP contribution in [0.3, 0.4) is 0 Å². The van der Waals surface area contributed by atoms with Crippen molar-refractivity contribution in [3.63, 3.8) is 0 Å². The molecule has 1 atom stereocenters. The van der Waals surface area contributed by atoms with Crippen LogP contribution >= 0.6 is 0 Å². The highest BCUT2D eigenvalue weighted by molar-refractivity contribution is 5.78. The molecule has 0 aromatic carbocycles. The van der Waals surface area contributed by atoms with E-state index in [0.717, 1.165) is 6.42 Å². The molecule has 0 bridgehead atoms. The molecule has 5 N–H and O–H groups in total. The molecule has 1 unspecified atom stereocenters. The maximum absolute atomic E-state index is 11.2. The number of ether oxygens (including phenoxy) is 1. The summed E-state index contributed by atoms with van der Waals surface area (Å²) in [5.74, 6) is 5.51. The Labute approximate surface area is 116 Å². The Balaban J connectivity index is 2.16. The summed E-state index contributed by atoms with van der Waals surface area (Å²) in [4.78, 5) is 25.5. The van der Waals surface area contributed by atoms with Crippen LogP contribution in [-0.2, 0) is 4.79 Å². The topological polar surface area (TPSA) is 132 Å². The van der Waals surface area contributed by atoms with Crippen LogP contribution in [0.2, 0.25) is 0 Å². The first-order valence-electron chi connectivity index (χ1n) is 6.53. The van der Waals surface area contributed by atoms with Crippen molar-refractivity contribution in [2.45, 2.75) is 19.8 Å². The van der Waals surface area contributed by atoms with Crippen LogP contribution in [0.1, 0.15) is 19.8 Å². The predicted molar refractivity (Wildman–Crippen MR) is 72.9 cm³/mol. The lowest BCUT2D eigenvalue weighted by atomic mass is 10.1. The number of rotatable bonds is 6. The quantitative estimate of drug-likeness (QED) is 0.458. The first-order valence-corrected chi connectivity index (χ1v) is 6.53. The monoisotopic (exact) mass is 281 g/mol. The van der Waals surface area contributed by atoms with E-state index < -0.39 is 0 Å². The molecule has 1 fully saturated rings. The molecule has 2 heterocycles. The van der Waals surface area contributed by atoms with Crippen LogP contribution in [0, 0.1) is 5.92 Å². The van der Waals surface area contributed by atoms with E-state index in [0.29, 0.717) is 32.1 Å². The number of aromatic nitrogens is 3. The molecule has 9 heteroatoms. The number of nitrogens with two attached hydrogens (primary N) is 2. The zero-order valence-corrected chi connectivity index (χ0v) is 11.4. The molecule has 110 valence electrons. The van der Waals surface area contributed by atoms with E-state index in [1.165, 1.54) is 0 Å². The van der Waals surface area contributed by atoms with E-state index in [1.807, 2.05) is 11.8 Å². The van der Waals surface area contributed by atoms with Crippen molar-refractivity contribution in [1.29, 1.82) is 0 Å². The Morgan fingerprint density at radius 1 is 1.50 bits per heavy atom. The second kappa shape index (κ2) is 6.33. The zero-order chi connectivity index (χ0) is 14.5. The van der Waals surface area contributed by atoms with Crippen LogP contribution in [0.4, 0.5) is 11.9 Å². The first kappa shape index (κ1) is 14.3. The second-order valence-corrected chi connectivity index (χ2v) is 4.57. The van der Waals surface area contributed by atoms with Gasteiger partial charge in [0.15, 0.2) is 0 Å². The normalized spacial score (nSPS) is 18.1. The lowest BCUT2D eigenvalue weighted by Gasteiger charge is -2.16. The third kappa shape index (κ3) is 3.23. The molecule has 2 rings (SSSR count). The van der Waals surface area contributed by atoms with E-state index in [9.17, 15) is 4.79 Å². The molecule has 0 radical (unpaired) electrons. The zero-order valence-electron chi connectivity index (χ0n) is 11.4. The Morgan fingerprint density at radius 3 is 2.90 bits per heavy atom. The van der Waals surface area contributed by atoms with Crippen molar-refractivity contribution in [3.8, 4) is 6.01 Å². The molecule has 20 heavy (non-hydrogen) atoms. The maximum Gasteiger partial charge on any atom is 0.323 e. The van der Waals surface area contributed by atoms with E-state index in [1.54, 1.807) is 0 Å². The Hall–Kier alpha value is -2.16. The summed E-state index contributed by atoms with van der Waals surface area (Å²) in [6, 6.07) is 0.215. The van der Waals surface area contributed by atoms with Crippen molar-refractivity contribution in [2.24, 2.45) is 17.5 Å². The fourth-order valence-electron chi connectivity index (χ4n) is 1.98. The first-order chi connectivity index (χ1) is 9.63. The third-order valence-electron chi connectivity index (χ3n) is 3.04. The number of carbonyl (C=O) groups excluding carboxylic acids is 1. The molecule has 1 amide bonds. The number of anilines is 2. The fourth-order valence-corrected chi connectivity index (χ4v) is 1.98. The Bertz CT molecular complexity index is 482. The molecule has 1 aliphatic heterocycles. The lowest BCUT2D eigenvalue weighted by Crippen LogP contribution is -2.28. The molecule has 1 aromatic rings. The minimum absolute atomic E-state index is 0.180. The Kier molecular flexibility index (Phi) is 4.51. The number of nitrogens with one attached hydrogen (secondary N) is 1. The summed E-state index contributed by atoms with van der Waals surface area (Å²) in [6.07, 6.45) is 1.54. The summed E-state index contributed by atoms with van der Waals surface area (Å²) in [6.45, 7) is 3.66. The number of hydrazine groups is 1. The average molecular weight is 281 g/mol. The van der Waals surface area contributed by atoms with Crippen LogP contribution in [0.25, 0.3) is 0 Å². The summed E-state index contributed by atoms with van der Waals surface area (Å²) in [5, 5.41) is 0. The minimum atomic E-state index is -0.304. The summed E-state index contributed by atoms with van der Waals surface area (Å²) in [5.41, 5.74) is 7.70. The predicted octanol–water partition coefficient (Wildman–Crippen LogP) is -0.742. The van der Waals surface area contributed by atoms with Crippen molar-refractivity contribution in [1.82, 2.24) is 15.0 Å². The fraction of sp³-hybridized carbons (Fsp3) is 0.636. The van der Waals surface area contributed by atoms with Crippen molar-refractivity contribution < 1.29 is 9.53 Å². The number of nitrogen functional groups attached to an aromatic ring is 1. The van der Waals surface area contributed by atoms with Gasteiger partial charge in [0.25, 0.3) is 0 Å². The molecule has 1 aromatic heterocycles. The second-order valence-electron chi connectivity index (χ2n) is 4.57. The van der Waals surface area contributed by atoms with E-state index in [2.05, 4.69) is 20.4 Å². The van der Waals surface area contributed by atoms with Gasteiger partial charge in [0.1, 0.15) is 0 Å². The number of hydrogen-bond donors (Lipinski definition) is 3. The third-order valence-corrected chi connectivity index (χ3v) is 3.04. The van der Waals surface area contributed by atoms with Crippen molar-refractivity contribution in [3.05, 3.63) is 0 Å². The van der Waals surface area contributed by atoms with E-state index in [4.69, 9.17) is 16.3 Å². The van der Waals surface area contributed by atoms with Crippen LogP contribution in [0.15, 0.2) is 0 Å². The van der Waals surface area contributed by atoms with Crippen LogP contribution in [0.5, 0.6) is 6.01 Å². The number of primary amides is 1. The maximum atomic E-state index is 11.2. The molecule has 1 saturated heterocycles. The summed E-state index contributed by atoms with van der Waals surface area (Å²) in [7, 11) is 0. The number of amides is 1. The van der Waals surface area contributed by atoms with Gasteiger partial charge < -0.3 is 15.4 Å². The summed E-state index contributed by atoms with van der Waals surface area (Å²) < 4.78 is 5.40. The van der Waals surface area contributed by atoms with Gasteiger partial charge in [-0.3, -0.25) is 10.2 Å². The molecule has 1 aliphatic rings. The lowest BCUT2D eigenvalue weighted by molar-refractivity contribution is -0.121. The van der Waals surface area contributed by atoms with E-state index >= 15 is 0 Å². The number of nitrogens with zero attached hydrogens (tertiary/aromatic N) is 4. The van der Waals surface area contributed by atoms with Crippen LogP contribution < -0.4 is 26.6 Å². The molecule has 9 nitrogen and oxygen atoms in total. The number of hydrogen-bond acceptors (Lipinski definition) is 8. The van der Waals surface area contributed by atoms with Crippen molar-refractivity contribution >= 4 is 17.8 Å². The molecule has 0 spiro atoms. The molecule has 0 aliphatic carbocycles. The van der Waals surface area contributed by atoms with Gasteiger partial charge in [-0.15, -0.1) is 0 Å². The smallest absolute Gasteiger partial charge is 0.323 e. The SMILES string of the molecule is CCCOc1nc(NN)nc(N2CCC(C(N)=O)C2)n1. The van der Waals surface area contributed by atoms with Gasteiger partial charge in [0, 0.05) is 13.1 Å². The highest BCUT2D eigenvalue weighted by Crippen LogP contribution is 2.22. The largest absolute Gasteiger partial charge is 0.463 e. The van der Waals surface area contributed by atoms with Gasteiger partial charge in [-0.05, 0) is 12.8 Å².